The van der Waals surface area contributed by atoms with Crippen molar-refractivity contribution in [2.24, 2.45) is 5.92 Å². The van der Waals surface area contributed by atoms with Gasteiger partial charge in [-0.1, -0.05) is 32.1 Å². The molecule has 0 bridgehead atoms. The van der Waals surface area contributed by atoms with Gasteiger partial charge in [-0.15, -0.1) is 0 Å². The minimum absolute atomic E-state index is 0.117. The molecular formula is C20H29N3O3. The van der Waals surface area contributed by atoms with Gasteiger partial charge in [0.05, 0.1) is 19.1 Å². The van der Waals surface area contributed by atoms with E-state index in [-0.39, 0.29) is 18.2 Å². The standard InChI is InChI=1S/C20H29N3O3/c24-19(14-18-20(25)22-12-11-21-18)23-16-6-8-17(9-7-16)26-13-10-15-4-2-1-3-5-15/h6-9,15,18,21H,1-5,10-14H2,(H,22,25)(H,23,24). The summed E-state index contributed by atoms with van der Waals surface area (Å²) in [5.41, 5.74) is 0.714. The van der Waals surface area contributed by atoms with E-state index in [0.29, 0.717) is 18.8 Å². The first-order valence-electron chi connectivity index (χ1n) is 9.74. The maximum absolute atomic E-state index is 12.1. The van der Waals surface area contributed by atoms with Crippen molar-refractivity contribution in [3.63, 3.8) is 0 Å². The van der Waals surface area contributed by atoms with Gasteiger partial charge in [-0.3, -0.25) is 9.59 Å². The highest BCUT2D eigenvalue weighted by Gasteiger charge is 2.24. The number of ether oxygens (including phenoxy) is 1. The Balaban J connectivity index is 1.39. The maximum Gasteiger partial charge on any atom is 0.237 e. The number of benzene rings is 1. The Hall–Kier alpha value is -2.08. The SMILES string of the molecule is O=C(CC1NCCNC1=O)Nc1ccc(OCCC2CCCCC2)cc1. The van der Waals surface area contributed by atoms with E-state index in [1.165, 1.54) is 32.1 Å². The summed E-state index contributed by atoms with van der Waals surface area (Å²) < 4.78 is 5.83. The van der Waals surface area contributed by atoms with Crippen LogP contribution in [0.1, 0.15) is 44.9 Å². The predicted octanol–water partition coefficient (Wildman–Crippen LogP) is 2.45. The number of piperazine rings is 1. The lowest BCUT2D eigenvalue weighted by atomic mass is 9.87. The molecule has 1 atom stereocenters. The Kier molecular flexibility index (Phi) is 6.89. The second-order valence-corrected chi connectivity index (χ2v) is 7.22. The van der Waals surface area contributed by atoms with Crippen LogP contribution in [0.2, 0.25) is 0 Å². The van der Waals surface area contributed by atoms with Gasteiger partial charge in [-0.25, -0.2) is 0 Å². The molecule has 0 spiro atoms. The number of amides is 2. The molecule has 2 fully saturated rings. The van der Waals surface area contributed by atoms with Gasteiger partial charge in [0, 0.05) is 18.8 Å². The Labute approximate surface area is 155 Å². The minimum atomic E-state index is -0.453. The van der Waals surface area contributed by atoms with Crippen LogP contribution in [-0.2, 0) is 9.59 Å². The van der Waals surface area contributed by atoms with E-state index in [2.05, 4.69) is 16.0 Å². The zero-order valence-corrected chi connectivity index (χ0v) is 15.3. The molecular weight excluding hydrogens is 330 g/mol. The Morgan fingerprint density at radius 2 is 1.88 bits per heavy atom. The number of hydrogen-bond acceptors (Lipinski definition) is 4. The summed E-state index contributed by atoms with van der Waals surface area (Å²) in [5.74, 6) is 1.35. The van der Waals surface area contributed by atoms with E-state index in [0.717, 1.165) is 24.7 Å². The molecule has 142 valence electrons. The van der Waals surface area contributed by atoms with Crippen LogP contribution in [0.3, 0.4) is 0 Å². The third-order valence-corrected chi connectivity index (χ3v) is 5.18. The van der Waals surface area contributed by atoms with Crippen LogP contribution in [0, 0.1) is 5.92 Å². The summed E-state index contributed by atoms with van der Waals surface area (Å²) in [4.78, 5) is 23.8. The molecule has 1 unspecified atom stereocenters. The number of carbonyl (C=O) groups excluding carboxylic acids is 2. The lowest BCUT2D eigenvalue weighted by Gasteiger charge is -2.23. The fourth-order valence-electron chi connectivity index (χ4n) is 3.66. The van der Waals surface area contributed by atoms with E-state index in [1.807, 2.05) is 24.3 Å². The summed E-state index contributed by atoms with van der Waals surface area (Å²) in [6.45, 7) is 2.05. The normalized spacial score (nSPS) is 21.1. The molecule has 2 aliphatic rings. The molecule has 1 saturated carbocycles. The van der Waals surface area contributed by atoms with Crippen LogP contribution in [-0.4, -0.2) is 37.6 Å². The van der Waals surface area contributed by atoms with Crippen molar-refractivity contribution in [3.05, 3.63) is 24.3 Å². The highest BCUT2D eigenvalue weighted by molar-refractivity contribution is 5.95. The number of hydrogen-bond donors (Lipinski definition) is 3. The zero-order valence-electron chi connectivity index (χ0n) is 15.3. The first kappa shape index (κ1) is 18.7. The van der Waals surface area contributed by atoms with Gasteiger partial charge in [0.1, 0.15) is 5.75 Å². The molecule has 0 radical (unpaired) electrons. The molecule has 0 aromatic heterocycles. The molecule has 1 saturated heterocycles. The molecule has 26 heavy (non-hydrogen) atoms. The van der Waals surface area contributed by atoms with Crippen LogP contribution >= 0.6 is 0 Å². The third-order valence-electron chi connectivity index (χ3n) is 5.18. The summed E-state index contributed by atoms with van der Waals surface area (Å²) in [7, 11) is 0. The van der Waals surface area contributed by atoms with Crippen LogP contribution in [0.4, 0.5) is 5.69 Å². The minimum Gasteiger partial charge on any atom is -0.494 e. The Morgan fingerprint density at radius 1 is 1.12 bits per heavy atom. The number of carbonyl (C=O) groups is 2. The summed E-state index contributed by atoms with van der Waals surface area (Å²) >= 11 is 0. The van der Waals surface area contributed by atoms with Crippen molar-refractivity contribution in [1.29, 1.82) is 0 Å². The zero-order chi connectivity index (χ0) is 18.2. The molecule has 1 aliphatic carbocycles. The smallest absolute Gasteiger partial charge is 0.237 e. The second-order valence-electron chi connectivity index (χ2n) is 7.22. The highest BCUT2D eigenvalue weighted by atomic mass is 16.5. The number of rotatable bonds is 7. The molecule has 6 heteroatoms. The first-order chi connectivity index (χ1) is 12.7. The van der Waals surface area contributed by atoms with Gasteiger partial charge in [0.15, 0.2) is 0 Å². The van der Waals surface area contributed by atoms with Gasteiger partial charge in [0.2, 0.25) is 11.8 Å². The Morgan fingerprint density at radius 3 is 2.62 bits per heavy atom. The van der Waals surface area contributed by atoms with Gasteiger partial charge < -0.3 is 20.7 Å². The average molecular weight is 359 g/mol. The van der Waals surface area contributed by atoms with Crippen molar-refractivity contribution in [1.82, 2.24) is 10.6 Å². The van der Waals surface area contributed by atoms with Crippen molar-refractivity contribution in [3.8, 4) is 5.75 Å². The average Bonchev–Trinajstić information content (AvgIpc) is 2.66. The summed E-state index contributed by atoms with van der Waals surface area (Å²) in [5, 5.41) is 8.64. The summed E-state index contributed by atoms with van der Waals surface area (Å²) in [6, 6.07) is 6.97. The molecule has 1 aromatic carbocycles. The summed E-state index contributed by atoms with van der Waals surface area (Å²) in [6.07, 6.45) is 8.02. The first-order valence-corrected chi connectivity index (χ1v) is 9.74. The fraction of sp³-hybridized carbons (Fsp3) is 0.600. The van der Waals surface area contributed by atoms with Crippen molar-refractivity contribution < 1.29 is 14.3 Å². The second kappa shape index (κ2) is 9.57. The maximum atomic E-state index is 12.1. The van der Waals surface area contributed by atoms with Crippen molar-refractivity contribution >= 4 is 17.5 Å². The van der Waals surface area contributed by atoms with E-state index in [9.17, 15) is 9.59 Å². The van der Waals surface area contributed by atoms with Gasteiger partial charge >= 0.3 is 0 Å². The van der Waals surface area contributed by atoms with E-state index in [4.69, 9.17) is 4.74 Å². The molecule has 1 aromatic rings. The topological polar surface area (TPSA) is 79.5 Å². The van der Waals surface area contributed by atoms with E-state index < -0.39 is 6.04 Å². The molecule has 2 amide bonds. The third kappa shape index (κ3) is 5.73. The quantitative estimate of drug-likeness (QED) is 0.699. The molecule has 3 N–H and O–H groups in total. The van der Waals surface area contributed by atoms with Crippen LogP contribution in [0.25, 0.3) is 0 Å². The number of nitrogens with one attached hydrogen (secondary N) is 3. The van der Waals surface area contributed by atoms with E-state index >= 15 is 0 Å². The number of anilines is 1. The highest BCUT2D eigenvalue weighted by Crippen LogP contribution is 2.26. The lowest BCUT2D eigenvalue weighted by molar-refractivity contribution is -0.127. The van der Waals surface area contributed by atoms with Crippen LogP contribution < -0.4 is 20.7 Å². The molecule has 1 heterocycles. The Bertz CT molecular complexity index is 597. The van der Waals surface area contributed by atoms with Crippen molar-refractivity contribution in [2.45, 2.75) is 51.0 Å². The van der Waals surface area contributed by atoms with Crippen LogP contribution in [0.5, 0.6) is 5.75 Å². The fourth-order valence-corrected chi connectivity index (χ4v) is 3.66. The molecule has 3 rings (SSSR count). The monoisotopic (exact) mass is 359 g/mol. The van der Waals surface area contributed by atoms with Gasteiger partial charge in [-0.05, 0) is 36.6 Å². The molecule has 6 nitrogen and oxygen atoms in total. The van der Waals surface area contributed by atoms with E-state index in [1.54, 1.807) is 0 Å². The van der Waals surface area contributed by atoms with Crippen LogP contribution in [0.15, 0.2) is 24.3 Å². The van der Waals surface area contributed by atoms with Gasteiger partial charge in [-0.2, -0.15) is 0 Å². The predicted molar refractivity (Wildman–Crippen MR) is 101 cm³/mol. The van der Waals surface area contributed by atoms with Crippen molar-refractivity contribution in [2.75, 3.05) is 25.0 Å². The van der Waals surface area contributed by atoms with Gasteiger partial charge in [0.25, 0.3) is 0 Å². The largest absolute Gasteiger partial charge is 0.494 e. The lowest BCUT2D eigenvalue weighted by Crippen LogP contribution is -2.53. The molecule has 1 aliphatic heterocycles.